The van der Waals surface area contributed by atoms with Crippen LogP contribution in [0.25, 0.3) is 0 Å². The first kappa shape index (κ1) is 12.7. The zero-order chi connectivity index (χ0) is 11.8. The number of methoxy groups -OCH3 is 1. The number of ether oxygens (including phenoxy) is 3. The summed E-state index contributed by atoms with van der Waals surface area (Å²) < 4.78 is 28.0. The molecule has 4 nitrogen and oxygen atoms in total. The van der Waals surface area contributed by atoms with Gasteiger partial charge >= 0.3 is 0 Å². The van der Waals surface area contributed by atoms with E-state index in [1.165, 1.54) is 12.1 Å². The van der Waals surface area contributed by atoms with Crippen molar-refractivity contribution in [2.24, 2.45) is 0 Å². The summed E-state index contributed by atoms with van der Waals surface area (Å²) in [6.07, 6.45) is 0. The average Bonchev–Trinajstić information content (AvgIpc) is 2.28. The van der Waals surface area contributed by atoms with E-state index in [4.69, 9.17) is 19.3 Å². The molecule has 0 saturated heterocycles. The van der Waals surface area contributed by atoms with Gasteiger partial charge < -0.3 is 19.3 Å². The van der Waals surface area contributed by atoms with Gasteiger partial charge in [-0.05, 0) is 12.1 Å². The highest BCUT2D eigenvalue weighted by Crippen LogP contribution is 2.20. The molecule has 1 rings (SSSR count). The minimum Gasteiger partial charge on any atom is -0.505 e. The lowest BCUT2D eigenvalue weighted by Gasteiger charge is -2.07. The maximum atomic E-state index is 12.9. The van der Waals surface area contributed by atoms with E-state index >= 15 is 0 Å². The van der Waals surface area contributed by atoms with E-state index in [9.17, 15) is 4.39 Å². The molecule has 0 aliphatic rings. The number of benzene rings is 1. The number of halogens is 1. The van der Waals surface area contributed by atoms with E-state index in [2.05, 4.69) is 0 Å². The second kappa shape index (κ2) is 7.03. The third-order valence-electron chi connectivity index (χ3n) is 1.85. The van der Waals surface area contributed by atoms with Gasteiger partial charge in [0.05, 0.1) is 19.8 Å². The highest BCUT2D eigenvalue weighted by molar-refractivity contribution is 5.31. The van der Waals surface area contributed by atoms with Crippen LogP contribution in [0, 0.1) is 5.82 Å². The number of phenols is 1. The van der Waals surface area contributed by atoms with Crippen LogP contribution in [0.4, 0.5) is 4.39 Å². The van der Waals surface area contributed by atoms with Gasteiger partial charge in [-0.3, -0.25) is 0 Å². The van der Waals surface area contributed by atoms with Gasteiger partial charge in [-0.1, -0.05) is 0 Å². The van der Waals surface area contributed by atoms with Crippen LogP contribution in [-0.2, 0) is 9.47 Å². The molecule has 0 saturated carbocycles. The van der Waals surface area contributed by atoms with E-state index in [1.807, 2.05) is 0 Å². The number of hydrogen-bond acceptors (Lipinski definition) is 4. The van der Waals surface area contributed by atoms with Crippen LogP contribution < -0.4 is 4.74 Å². The van der Waals surface area contributed by atoms with Crippen molar-refractivity contribution in [3.8, 4) is 11.5 Å². The Bertz CT molecular complexity index is 317. The van der Waals surface area contributed by atoms with Crippen molar-refractivity contribution in [2.75, 3.05) is 33.5 Å². The summed E-state index contributed by atoms with van der Waals surface area (Å²) in [7, 11) is 1.60. The largest absolute Gasteiger partial charge is 0.505 e. The molecule has 90 valence electrons. The zero-order valence-corrected chi connectivity index (χ0v) is 9.11. The minimum atomic E-state index is -0.696. The predicted molar refractivity (Wildman–Crippen MR) is 56.3 cm³/mol. The molecular formula is C11H15FO4. The summed E-state index contributed by atoms with van der Waals surface area (Å²) >= 11 is 0. The molecule has 0 aliphatic heterocycles. The van der Waals surface area contributed by atoms with Crippen molar-refractivity contribution in [3.05, 3.63) is 24.0 Å². The second-order valence-corrected chi connectivity index (χ2v) is 3.07. The van der Waals surface area contributed by atoms with Crippen molar-refractivity contribution in [1.29, 1.82) is 0 Å². The highest BCUT2D eigenvalue weighted by Gasteiger charge is 2.01. The van der Waals surface area contributed by atoms with E-state index in [0.29, 0.717) is 32.2 Å². The Kier molecular flexibility index (Phi) is 5.60. The van der Waals surface area contributed by atoms with E-state index in [-0.39, 0.29) is 5.75 Å². The molecule has 0 aromatic heterocycles. The van der Waals surface area contributed by atoms with Gasteiger partial charge in [-0.2, -0.15) is 0 Å². The number of rotatable bonds is 7. The summed E-state index contributed by atoms with van der Waals surface area (Å²) in [5.41, 5.74) is 0. The van der Waals surface area contributed by atoms with Gasteiger partial charge in [0.2, 0.25) is 0 Å². The molecule has 0 unspecified atom stereocenters. The third kappa shape index (κ3) is 4.46. The Morgan fingerprint density at radius 2 is 1.94 bits per heavy atom. The Morgan fingerprint density at radius 3 is 2.62 bits per heavy atom. The van der Waals surface area contributed by atoms with E-state index in [1.54, 1.807) is 7.11 Å². The summed E-state index contributed by atoms with van der Waals surface area (Å²) in [5.74, 6) is -0.716. The zero-order valence-electron chi connectivity index (χ0n) is 9.11. The van der Waals surface area contributed by atoms with Crippen molar-refractivity contribution in [3.63, 3.8) is 0 Å². The fourth-order valence-corrected chi connectivity index (χ4v) is 1.04. The summed E-state index contributed by atoms with van der Waals surface area (Å²) in [6.45, 7) is 1.78. The summed E-state index contributed by atoms with van der Waals surface area (Å²) in [5, 5.41) is 8.94. The third-order valence-corrected chi connectivity index (χ3v) is 1.85. The molecule has 0 aliphatic carbocycles. The number of hydrogen-bond donors (Lipinski definition) is 1. The van der Waals surface area contributed by atoms with E-state index in [0.717, 1.165) is 6.07 Å². The van der Waals surface area contributed by atoms with Crippen molar-refractivity contribution >= 4 is 0 Å². The molecule has 1 N–H and O–H groups in total. The van der Waals surface area contributed by atoms with Gasteiger partial charge in [0.1, 0.15) is 12.4 Å². The highest BCUT2D eigenvalue weighted by atomic mass is 19.1. The fourth-order valence-electron chi connectivity index (χ4n) is 1.04. The lowest BCUT2D eigenvalue weighted by Crippen LogP contribution is -2.10. The van der Waals surface area contributed by atoms with Crippen LogP contribution >= 0.6 is 0 Å². The smallest absolute Gasteiger partial charge is 0.168 e. The fraction of sp³-hybridized carbons (Fsp3) is 0.455. The molecule has 5 heteroatoms. The van der Waals surface area contributed by atoms with Crippen LogP contribution in [0.2, 0.25) is 0 Å². The molecule has 16 heavy (non-hydrogen) atoms. The molecule has 0 atom stereocenters. The molecule has 1 aromatic carbocycles. The molecular weight excluding hydrogens is 215 g/mol. The first-order valence-corrected chi connectivity index (χ1v) is 4.92. The molecule has 0 heterocycles. The van der Waals surface area contributed by atoms with E-state index < -0.39 is 5.82 Å². The van der Waals surface area contributed by atoms with Gasteiger partial charge in [0, 0.05) is 13.2 Å². The SMILES string of the molecule is COCCOCCOc1ccc(O)c(F)c1. The van der Waals surface area contributed by atoms with Crippen LogP contribution in [0.15, 0.2) is 18.2 Å². The van der Waals surface area contributed by atoms with Gasteiger partial charge in [-0.25, -0.2) is 4.39 Å². The molecule has 1 aromatic rings. The molecule has 0 fully saturated rings. The quantitative estimate of drug-likeness (QED) is 0.722. The standard InChI is InChI=1S/C11H15FO4/c1-14-4-5-15-6-7-16-9-2-3-11(13)10(12)8-9/h2-3,8,13H,4-7H2,1H3. The van der Waals surface area contributed by atoms with Gasteiger partial charge in [-0.15, -0.1) is 0 Å². The number of aromatic hydroxyl groups is 1. The molecule has 0 radical (unpaired) electrons. The van der Waals surface area contributed by atoms with Crippen LogP contribution in [-0.4, -0.2) is 38.6 Å². The Labute approximate surface area is 93.6 Å². The lowest BCUT2D eigenvalue weighted by atomic mass is 10.3. The normalized spacial score (nSPS) is 10.4. The van der Waals surface area contributed by atoms with Crippen LogP contribution in [0.5, 0.6) is 11.5 Å². The summed E-state index contributed by atoms with van der Waals surface area (Å²) in [4.78, 5) is 0. The Morgan fingerprint density at radius 1 is 1.19 bits per heavy atom. The Hall–Kier alpha value is -1.33. The lowest BCUT2D eigenvalue weighted by molar-refractivity contribution is 0.0543. The van der Waals surface area contributed by atoms with Gasteiger partial charge in [0.15, 0.2) is 11.6 Å². The average molecular weight is 230 g/mol. The second-order valence-electron chi connectivity index (χ2n) is 3.07. The van der Waals surface area contributed by atoms with Crippen molar-refractivity contribution in [1.82, 2.24) is 0 Å². The van der Waals surface area contributed by atoms with Crippen LogP contribution in [0.3, 0.4) is 0 Å². The minimum absolute atomic E-state index is 0.327. The van der Waals surface area contributed by atoms with Crippen molar-refractivity contribution < 1.29 is 23.7 Å². The monoisotopic (exact) mass is 230 g/mol. The topological polar surface area (TPSA) is 47.9 Å². The van der Waals surface area contributed by atoms with Gasteiger partial charge in [0.25, 0.3) is 0 Å². The molecule has 0 amide bonds. The maximum Gasteiger partial charge on any atom is 0.168 e. The molecule has 0 bridgehead atoms. The predicted octanol–water partition coefficient (Wildman–Crippen LogP) is 1.57. The van der Waals surface area contributed by atoms with Crippen molar-refractivity contribution in [2.45, 2.75) is 0 Å². The first-order valence-electron chi connectivity index (χ1n) is 4.92. The first-order chi connectivity index (χ1) is 7.74. The Balaban J connectivity index is 2.19. The summed E-state index contributed by atoms with van der Waals surface area (Å²) in [6, 6.07) is 3.87. The number of phenolic OH excluding ortho intramolecular Hbond substituents is 1. The van der Waals surface area contributed by atoms with Crippen LogP contribution in [0.1, 0.15) is 0 Å². The molecule has 0 spiro atoms. The maximum absolute atomic E-state index is 12.9.